The monoisotopic (exact) mass is 488 g/mol. The smallest absolute Gasteiger partial charge is 0.291 e. The van der Waals surface area contributed by atoms with Gasteiger partial charge in [0.15, 0.2) is 0 Å². The number of benzene rings is 3. The Labute approximate surface area is 204 Å². The van der Waals surface area contributed by atoms with Crippen molar-refractivity contribution in [2.75, 3.05) is 36.4 Å². The van der Waals surface area contributed by atoms with E-state index >= 15 is 0 Å². The third kappa shape index (κ3) is 4.36. The van der Waals surface area contributed by atoms with E-state index in [9.17, 15) is 24.1 Å². The van der Waals surface area contributed by atoms with Gasteiger partial charge in [0.2, 0.25) is 5.76 Å². The summed E-state index contributed by atoms with van der Waals surface area (Å²) in [5.74, 6) is -1.37. The Bertz CT molecular complexity index is 1480. The zero-order valence-electron chi connectivity index (χ0n) is 19.0. The fraction of sp³-hybridized carbons (Fsp3) is 0.154. The van der Waals surface area contributed by atoms with E-state index < -0.39 is 16.7 Å². The minimum atomic E-state index is -0.608. The lowest BCUT2D eigenvalue weighted by Crippen LogP contribution is -2.49. The zero-order valence-corrected chi connectivity index (χ0v) is 19.0. The van der Waals surface area contributed by atoms with Gasteiger partial charge in [0.05, 0.1) is 10.6 Å². The molecule has 0 saturated carbocycles. The van der Waals surface area contributed by atoms with Gasteiger partial charge in [-0.25, -0.2) is 4.39 Å². The van der Waals surface area contributed by atoms with Crippen molar-refractivity contribution >= 4 is 39.8 Å². The van der Waals surface area contributed by atoms with Crippen LogP contribution in [-0.4, -0.2) is 47.8 Å². The molecular weight excluding hydrogens is 467 g/mol. The molecule has 0 spiro atoms. The second-order valence-electron chi connectivity index (χ2n) is 8.29. The molecular formula is C26H21FN4O5. The molecule has 2 amide bonds. The minimum Gasteiger partial charge on any atom is -0.449 e. The Morgan fingerprint density at radius 2 is 1.67 bits per heavy atom. The molecule has 1 fully saturated rings. The van der Waals surface area contributed by atoms with Crippen LogP contribution < -0.4 is 10.2 Å². The van der Waals surface area contributed by atoms with Crippen molar-refractivity contribution in [1.82, 2.24) is 4.90 Å². The molecule has 1 aliphatic heterocycles. The number of rotatable bonds is 5. The van der Waals surface area contributed by atoms with Crippen molar-refractivity contribution in [3.8, 4) is 0 Å². The fourth-order valence-corrected chi connectivity index (χ4v) is 4.27. The molecule has 5 rings (SSSR count). The Morgan fingerprint density at radius 1 is 0.944 bits per heavy atom. The third-order valence-electron chi connectivity index (χ3n) is 6.11. The van der Waals surface area contributed by atoms with Crippen LogP contribution in [0.15, 0.2) is 77.2 Å². The van der Waals surface area contributed by atoms with Crippen LogP contribution in [0, 0.1) is 15.9 Å². The van der Waals surface area contributed by atoms with E-state index in [0.717, 1.165) is 0 Å². The average Bonchev–Trinajstić information content (AvgIpc) is 3.27. The molecule has 9 nitrogen and oxygen atoms in total. The van der Waals surface area contributed by atoms with Crippen molar-refractivity contribution < 1.29 is 23.3 Å². The van der Waals surface area contributed by atoms with Gasteiger partial charge in [0.1, 0.15) is 17.1 Å². The first-order valence-electron chi connectivity index (χ1n) is 11.3. The molecule has 0 atom stereocenters. The molecule has 1 saturated heterocycles. The van der Waals surface area contributed by atoms with E-state index in [-0.39, 0.29) is 28.5 Å². The summed E-state index contributed by atoms with van der Waals surface area (Å²) in [6.07, 6.45) is 0. The summed E-state index contributed by atoms with van der Waals surface area (Å²) in [7, 11) is 0. The van der Waals surface area contributed by atoms with E-state index in [1.807, 2.05) is 4.90 Å². The predicted octanol–water partition coefficient (Wildman–Crippen LogP) is 4.69. The number of piperazine rings is 1. The molecule has 0 radical (unpaired) electrons. The van der Waals surface area contributed by atoms with Gasteiger partial charge in [-0.1, -0.05) is 30.3 Å². The summed E-state index contributed by atoms with van der Waals surface area (Å²) in [5.41, 5.74) is 0.956. The number of nitro benzene ring substituents is 1. The van der Waals surface area contributed by atoms with Crippen molar-refractivity contribution in [3.05, 3.63) is 100 Å². The molecule has 3 aromatic carbocycles. The summed E-state index contributed by atoms with van der Waals surface area (Å²) in [6.45, 7) is 1.54. The van der Waals surface area contributed by atoms with Crippen molar-refractivity contribution in [2.45, 2.75) is 0 Å². The first-order valence-corrected chi connectivity index (χ1v) is 11.3. The number of carbonyl (C=O) groups excluding carboxylic acids is 2. The summed E-state index contributed by atoms with van der Waals surface area (Å²) < 4.78 is 20.0. The number of carbonyl (C=O) groups is 2. The SMILES string of the molecule is O=C(Nc1c(C(=O)N2CCN(c3ccccc3F)CC2)oc2ccccc12)c1cccc([N+](=O)[O-])c1. The second-order valence-corrected chi connectivity index (χ2v) is 8.29. The molecule has 10 heteroatoms. The van der Waals surface area contributed by atoms with Crippen molar-refractivity contribution in [2.24, 2.45) is 0 Å². The van der Waals surface area contributed by atoms with Gasteiger partial charge < -0.3 is 19.5 Å². The van der Waals surface area contributed by atoms with Crippen LogP contribution in [0.3, 0.4) is 0 Å². The normalized spacial score (nSPS) is 13.6. The number of nitrogens with one attached hydrogen (secondary N) is 1. The van der Waals surface area contributed by atoms with Gasteiger partial charge in [0, 0.05) is 49.3 Å². The van der Waals surface area contributed by atoms with Crippen LogP contribution in [0.4, 0.5) is 21.5 Å². The van der Waals surface area contributed by atoms with E-state index in [2.05, 4.69) is 5.32 Å². The second kappa shape index (κ2) is 9.49. The average molecular weight is 488 g/mol. The molecule has 0 unspecified atom stereocenters. The van der Waals surface area contributed by atoms with Crippen LogP contribution in [0.5, 0.6) is 0 Å². The number of non-ortho nitro benzene ring substituents is 1. The first kappa shape index (κ1) is 23.0. The summed E-state index contributed by atoms with van der Waals surface area (Å²) >= 11 is 0. The fourth-order valence-electron chi connectivity index (χ4n) is 4.27. The number of hydrogen-bond acceptors (Lipinski definition) is 6. The summed E-state index contributed by atoms with van der Waals surface area (Å²) in [6, 6.07) is 18.7. The van der Waals surface area contributed by atoms with E-state index in [1.165, 1.54) is 30.3 Å². The van der Waals surface area contributed by atoms with Crippen molar-refractivity contribution in [3.63, 3.8) is 0 Å². The first-order chi connectivity index (χ1) is 17.4. The lowest BCUT2D eigenvalue weighted by Gasteiger charge is -2.35. The van der Waals surface area contributed by atoms with Crippen LogP contribution >= 0.6 is 0 Å². The topological polar surface area (TPSA) is 109 Å². The van der Waals surface area contributed by atoms with Crippen LogP contribution in [0.2, 0.25) is 0 Å². The molecule has 2 heterocycles. The zero-order chi connectivity index (χ0) is 25.2. The Morgan fingerprint density at radius 3 is 2.42 bits per heavy atom. The molecule has 4 aromatic rings. The van der Waals surface area contributed by atoms with Gasteiger partial charge in [-0.15, -0.1) is 0 Å². The highest BCUT2D eigenvalue weighted by Gasteiger charge is 2.29. The van der Waals surface area contributed by atoms with E-state index in [0.29, 0.717) is 42.8 Å². The number of hydrogen-bond donors (Lipinski definition) is 1. The maximum absolute atomic E-state index is 14.2. The van der Waals surface area contributed by atoms with Crippen LogP contribution in [-0.2, 0) is 0 Å². The van der Waals surface area contributed by atoms with Gasteiger partial charge in [0.25, 0.3) is 17.5 Å². The molecule has 36 heavy (non-hydrogen) atoms. The minimum absolute atomic E-state index is 0.0330. The molecule has 0 bridgehead atoms. The number of fused-ring (bicyclic) bond motifs is 1. The largest absolute Gasteiger partial charge is 0.449 e. The highest BCUT2D eigenvalue weighted by molar-refractivity contribution is 6.14. The number of amides is 2. The predicted molar refractivity (Wildman–Crippen MR) is 132 cm³/mol. The van der Waals surface area contributed by atoms with Gasteiger partial charge in [-0.2, -0.15) is 0 Å². The molecule has 1 N–H and O–H groups in total. The van der Waals surface area contributed by atoms with Crippen LogP contribution in [0.1, 0.15) is 20.9 Å². The quantitative estimate of drug-likeness (QED) is 0.322. The molecule has 1 aromatic heterocycles. The number of nitrogens with zero attached hydrogens (tertiary/aromatic N) is 3. The molecule has 1 aliphatic rings. The maximum Gasteiger partial charge on any atom is 0.291 e. The summed E-state index contributed by atoms with van der Waals surface area (Å²) in [5, 5.41) is 14.4. The lowest BCUT2D eigenvalue weighted by molar-refractivity contribution is -0.384. The van der Waals surface area contributed by atoms with Gasteiger partial charge in [-0.05, 0) is 30.3 Å². The van der Waals surface area contributed by atoms with Crippen LogP contribution in [0.25, 0.3) is 11.0 Å². The highest BCUT2D eigenvalue weighted by Crippen LogP contribution is 2.33. The summed E-state index contributed by atoms with van der Waals surface area (Å²) in [4.78, 5) is 40.4. The standard InChI is InChI=1S/C26H21FN4O5/c27-20-9-2-3-10-21(20)29-12-14-30(15-13-29)26(33)24-23(19-8-1-4-11-22(19)36-24)28-25(32)17-6-5-7-18(16-17)31(34)35/h1-11,16H,12-15H2,(H,28,32). The number of halogens is 1. The van der Waals surface area contributed by atoms with Crippen molar-refractivity contribution in [1.29, 1.82) is 0 Å². The van der Waals surface area contributed by atoms with E-state index in [1.54, 1.807) is 47.4 Å². The van der Waals surface area contributed by atoms with Gasteiger partial charge >= 0.3 is 0 Å². The van der Waals surface area contributed by atoms with Gasteiger partial charge in [-0.3, -0.25) is 19.7 Å². The Balaban J connectivity index is 1.40. The maximum atomic E-state index is 14.2. The number of nitro groups is 1. The number of furan rings is 1. The number of para-hydroxylation sites is 2. The Kier molecular flexibility index (Phi) is 6.07. The molecule has 182 valence electrons. The lowest BCUT2D eigenvalue weighted by atomic mass is 10.1. The van der Waals surface area contributed by atoms with E-state index in [4.69, 9.17) is 4.42 Å². The molecule has 0 aliphatic carbocycles. The highest BCUT2D eigenvalue weighted by atomic mass is 19.1. The Hall–Kier alpha value is -4.73. The third-order valence-corrected chi connectivity index (χ3v) is 6.11. The number of anilines is 2.